The van der Waals surface area contributed by atoms with E-state index in [4.69, 9.17) is 27.9 Å². The second-order valence-electron chi connectivity index (χ2n) is 3.57. The molecule has 1 heterocycles. The van der Waals surface area contributed by atoms with Crippen molar-refractivity contribution >= 4 is 29.0 Å². The highest BCUT2D eigenvalue weighted by atomic mass is 35.5. The number of anilines is 1. The zero-order valence-corrected chi connectivity index (χ0v) is 11.3. The number of pyridine rings is 1. The van der Waals surface area contributed by atoms with Crippen LogP contribution < -0.4 is 10.1 Å². The van der Waals surface area contributed by atoms with Crippen LogP contribution in [-0.4, -0.2) is 11.5 Å². The Kier molecular flexibility index (Phi) is 4.28. The Hall–Kier alpha value is -1.45. The molecule has 0 atom stereocenters. The highest BCUT2D eigenvalue weighted by molar-refractivity contribution is 6.35. The van der Waals surface area contributed by atoms with Crippen molar-refractivity contribution in [3.63, 3.8) is 0 Å². The number of rotatable bonds is 4. The average molecular weight is 283 g/mol. The van der Waals surface area contributed by atoms with E-state index < -0.39 is 0 Å². The third-order valence-corrected chi connectivity index (χ3v) is 2.72. The number of aromatic nitrogens is 1. The van der Waals surface area contributed by atoms with Crippen LogP contribution in [0.1, 0.15) is 6.92 Å². The number of hydrogen-bond acceptors (Lipinski definition) is 3. The molecule has 1 aromatic heterocycles. The summed E-state index contributed by atoms with van der Waals surface area (Å²) in [7, 11) is 0. The second-order valence-corrected chi connectivity index (χ2v) is 4.41. The van der Waals surface area contributed by atoms with E-state index in [0.29, 0.717) is 21.7 Å². The minimum absolute atomic E-state index is 0.457. The fourth-order valence-electron chi connectivity index (χ4n) is 1.42. The number of halogens is 2. The van der Waals surface area contributed by atoms with E-state index in [9.17, 15) is 0 Å². The molecule has 0 amide bonds. The first-order chi connectivity index (χ1) is 8.69. The van der Waals surface area contributed by atoms with Gasteiger partial charge in [0.05, 0.1) is 5.02 Å². The molecule has 0 fully saturated rings. The van der Waals surface area contributed by atoms with Gasteiger partial charge < -0.3 is 10.1 Å². The third-order valence-electron chi connectivity index (χ3n) is 2.19. The van der Waals surface area contributed by atoms with Gasteiger partial charge in [0, 0.05) is 17.6 Å². The van der Waals surface area contributed by atoms with Gasteiger partial charge in [-0.05, 0) is 31.2 Å². The van der Waals surface area contributed by atoms with E-state index in [1.807, 2.05) is 19.1 Å². The summed E-state index contributed by atoms with van der Waals surface area (Å²) in [6.07, 6.45) is 0. The standard InChI is InChI=1S/C13H12Cl2N2O/c1-2-16-12-4-3-5-13(17-12)18-11-7-6-9(14)8-10(11)15/h3-8H,2H2,1H3,(H,16,17). The molecular weight excluding hydrogens is 271 g/mol. The molecule has 18 heavy (non-hydrogen) atoms. The molecule has 0 unspecified atom stereocenters. The van der Waals surface area contributed by atoms with Crippen LogP contribution in [0.5, 0.6) is 11.6 Å². The summed E-state index contributed by atoms with van der Waals surface area (Å²) in [5.41, 5.74) is 0. The van der Waals surface area contributed by atoms with Crippen molar-refractivity contribution in [2.45, 2.75) is 6.92 Å². The van der Waals surface area contributed by atoms with E-state index in [-0.39, 0.29) is 0 Å². The lowest BCUT2D eigenvalue weighted by atomic mass is 10.3. The van der Waals surface area contributed by atoms with Gasteiger partial charge in [0.1, 0.15) is 11.6 Å². The van der Waals surface area contributed by atoms with Crippen molar-refractivity contribution in [3.8, 4) is 11.6 Å². The fourth-order valence-corrected chi connectivity index (χ4v) is 1.87. The van der Waals surface area contributed by atoms with Gasteiger partial charge in [-0.25, -0.2) is 0 Å². The molecule has 0 radical (unpaired) electrons. The van der Waals surface area contributed by atoms with Gasteiger partial charge in [0.15, 0.2) is 0 Å². The molecular formula is C13H12Cl2N2O. The molecule has 3 nitrogen and oxygen atoms in total. The van der Waals surface area contributed by atoms with Crippen LogP contribution in [0.3, 0.4) is 0 Å². The van der Waals surface area contributed by atoms with Crippen molar-refractivity contribution in [2.24, 2.45) is 0 Å². The lowest BCUT2D eigenvalue weighted by molar-refractivity contribution is 0.464. The monoisotopic (exact) mass is 282 g/mol. The normalized spacial score (nSPS) is 10.2. The third kappa shape index (κ3) is 3.28. The highest BCUT2D eigenvalue weighted by Gasteiger charge is 2.05. The minimum Gasteiger partial charge on any atom is -0.437 e. The summed E-state index contributed by atoms with van der Waals surface area (Å²) in [4.78, 5) is 4.30. The van der Waals surface area contributed by atoms with Crippen molar-refractivity contribution in [2.75, 3.05) is 11.9 Å². The summed E-state index contributed by atoms with van der Waals surface area (Å²) >= 11 is 11.8. The van der Waals surface area contributed by atoms with Crippen LogP contribution in [0.15, 0.2) is 36.4 Å². The lowest BCUT2D eigenvalue weighted by Gasteiger charge is -2.08. The van der Waals surface area contributed by atoms with E-state index >= 15 is 0 Å². The molecule has 0 spiro atoms. The quantitative estimate of drug-likeness (QED) is 0.889. The first-order valence-corrected chi connectivity index (χ1v) is 6.28. The maximum absolute atomic E-state index is 6.03. The molecule has 0 aliphatic rings. The van der Waals surface area contributed by atoms with Crippen molar-refractivity contribution in [1.29, 1.82) is 0 Å². The second kappa shape index (κ2) is 5.94. The van der Waals surface area contributed by atoms with Crippen molar-refractivity contribution < 1.29 is 4.74 Å². The number of ether oxygens (including phenoxy) is 1. The molecule has 1 N–H and O–H groups in total. The number of nitrogens with zero attached hydrogens (tertiary/aromatic N) is 1. The Morgan fingerprint density at radius 1 is 1.22 bits per heavy atom. The van der Waals surface area contributed by atoms with Gasteiger partial charge in [-0.1, -0.05) is 29.3 Å². The molecule has 0 bridgehead atoms. The van der Waals surface area contributed by atoms with Gasteiger partial charge in [0.25, 0.3) is 0 Å². The number of nitrogens with one attached hydrogen (secondary N) is 1. The Labute approximate surface area is 116 Å². The molecule has 2 aromatic rings. The van der Waals surface area contributed by atoms with Gasteiger partial charge in [-0.15, -0.1) is 0 Å². The number of hydrogen-bond donors (Lipinski definition) is 1. The van der Waals surface area contributed by atoms with Crippen LogP contribution >= 0.6 is 23.2 Å². The summed E-state index contributed by atoms with van der Waals surface area (Å²) in [6.45, 7) is 2.81. The summed E-state index contributed by atoms with van der Waals surface area (Å²) in [5, 5.41) is 4.14. The Morgan fingerprint density at radius 3 is 2.78 bits per heavy atom. The van der Waals surface area contributed by atoms with Gasteiger partial charge in [0.2, 0.25) is 5.88 Å². The first-order valence-electron chi connectivity index (χ1n) is 5.53. The minimum atomic E-state index is 0.457. The van der Waals surface area contributed by atoms with E-state index in [1.54, 1.807) is 24.3 Å². The Balaban J connectivity index is 2.20. The highest BCUT2D eigenvalue weighted by Crippen LogP contribution is 2.31. The number of benzene rings is 1. The van der Waals surface area contributed by atoms with Crippen LogP contribution in [0, 0.1) is 0 Å². The maximum atomic E-state index is 6.03. The lowest BCUT2D eigenvalue weighted by Crippen LogP contribution is -1.99. The molecule has 5 heteroatoms. The zero-order valence-electron chi connectivity index (χ0n) is 9.78. The van der Waals surface area contributed by atoms with Crippen LogP contribution in [-0.2, 0) is 0 Å². The summed E-state index contributed by atoms with van der Waals surface area (Å²) in [5.74, 6) is 1.78. The molecule has 2 rings (SSSR count). The van der Waals surface area contributed by atoms with Gasteiger partial charge >= 0.3 is 0 Å². The Bertz CT molecular complexity index is 546. The maximum Gasteiger partial charge on any atom is 0.221 e. The van der Waals surface area contributed by atoms with Crippen molar-refractivity contribution in [3.05, 3.63) is 46.4 Å². The topological polar surface area (TPSA) is 34.1 Å². The van der Waals surface area contributed by atoms with E-state index in [0.717, 1.165) is 12.4 Å². The van der Waals surface area contributed by atoms with Crippen LogP contribution in [0.25, 0.3) is 0 Å². The molecule has 0 saturated carbocycles. The smallest absolute Gasteiger partial charge is 0.221 e. The zero-order chi connectivity index (χ0) is 13.0. The fraction of sp³-hybridized carbons (Fsp3) is 0.154. The summed E-state index contributed by atoms with van der Waals surface area (Å²) in [6, 6.07) is 10.6. The Morgan fingerprint density at radius 2 is 2.06 bits per heavy atom. The molecule has 0 aliphatic heterocycles. The largest absolute Gasteiger partial charge is 0.437 e. The predicted octanol–water partition coefficient (Wildman–Crippen LogP) is 4.61. The molecule has 1 aromatic carbocycles. The van der Waals surface area contributed by atoms with Crippen LogP contribution in [0.2, 0.25) is 10.0 Å². The molecule has 0 saturated heterocycles. The van der Waals surface area contributed by atoms with E-state index in [2.05, 4.69) is 10.3 Å². The predicted molar refractivity (Wildman–Crippen MR) is 74.9 cm³/mol. The molecule has 0 aliphatic carbocycles. The van der Waals surface area contributed by atoms with E-state index in [1.165, 1.54) is 0 Å². The first kappa shape index (κ1) is 13.0. The van der Waals surface area contributed by atoms with Gasteiger partial charge in [-0.3, -0.25) is 0 Å². The van der Waals surface area contributed by atoms with Gasteiger partial charge in [-0.2, -0.15) is 4.98 Å². The average Bonchev–Trinajstić information content (AvgIpc) is 2.34. The van der Waals surface area contributed by atoms with Crippen LogP contribution in [0.4, 0.5) is 5.82 Å². The summed E-state index contributed by atoms with van der Waals surface area (Å²) < 4.78 is 5.61. The molecule has 94 valence electrons. The van der Waals surface area contributed by atoms with Crippen molar-refractivity contribution in [1.82, 2.24) is 4.98 Å². The SMILES string of the molecule is CCNc1cccc(Oc2ccc(Cl)cc2Cl)n1.